The Morgan fingerprint density at radius 2 is 1.95 bits per heavy atom. The molecule has 1 amide bonds. The number of thiophene rings is 1. The van der Waals surface area contributed by atoms with Crippen molar-refractivity contribution in [1.29, 1.82) is 0 Å². The van der Waals surface area contributed by atoms with Crippen LogP contribution in [0.5, 0.6) is 0 Å². The number of fused-ring (bicyclic) bond motifs is 1. The summed E-state index contributed by atoms with van der Waals surface area (Å²) in [5, 5.41) is 0.935. The summed E-state index contributed by atoms with van der Waals surface area (Å²) in [6.45, 7) is 5.90. The van der Waals surface area contributed by atoms with Crippen LogP contribution < -0.4 is 5.73 Å². The molecule has 0 aliphatic rings. The van der Waals surface area contributed by atoms with Crippen LogP contribution in [0.4, 0.5) is 5.69 Å². The molecule has 0 saturated carbocycles. The van der Waals surface area contributed by atoms with E-state index in [1.165, 1.54) is 11.3 Å². The Labute approximate surface area is 130 Å². The molecule has 2 heterocycles. The lowest BCUT2D eigenvalue weighted by Gasteiger charge is -2.22. The van der Waals surface area contributed by atoms with E-state index in [0.717, 1.165) is 48.9 Å². The topological polar surface area (TPSA) is 59.2 Å². The molecule has 2 aromatic rings. The van der Waals surface area contributed by atoms with Crippen LogP contribution in [0.2, 0.25) is 0 Å². The summed E-state index contributed by atoms with van der Waals surface area (Å²) in [7, 11) is 0. The highest BCUT2D eigenvalue weighted by Crippen LogP contribution is 2.33. The summed E-state index contributed by atoms with van der Waals surface area (Å²) < 4.78 is 0.976. The number of carbonyl (C=O) groups excluding carboxylic acids is 1. The highest BCUT2D eigenvalue weighted by molar-refractivity contribution is 7.21. The van der Waals surface area contributed by atoms with Gasteiger partial charge in [0.1, 0.15) is 4.88 Å². The van der Waals surface area contributed by atoms with Crippen molar-refractivity contribution in [2.75, 3.05) is 18.8 Å². The van der Waals surface area contributed by atoms with Crippen LogP contribution in [0.3, 0.4) is 0 Å². The SMILES string of the molecule is CCCCN(CCCC)C(=O)c1sc2cnccc2c1N. The molecule has 0 aromatic carbocycles. The van der Waals surface area contributed by atoms with Gasteiger partial charge in [0, 0.05) is 30.9 Å². The molecule has 0 bridgehead atoms. The molecule has 4 nitrogen and oxygen atoms in total. The molecule has 0 aliphatic carbocycles. The quantitative estimate of drug-likeness (QED) is 0.843. The molecule has 0 unspecified atom stereocenters. The summed E-state index contributed by atoms with van der Waals surface area (Å²) in [6.07, 6.45) is 7.72. The number of hydrogen-bond acceptors (Lipinski definition) is 4. The standard InChI is InChI=1S/C16H23N3OS/c1-3-5-9-19(10-6-4-2)16(20)15-14(17)12-7-8-18-11-13(12)21-15/h7-8,11H,3-6,9-10,17H2,1-2H3. The average Bonchev–Trinajstić information content (AvgIpc) is 2.84. The second-order valence-electron chi connectivity index (χ2n) is 5.22. The molecule has 0 spiro atoms. The molecule has 0 radical (unpaired) electrons. The molecule has 0 aliphatic heterocycles. The fraction of sp³-hybridized carbons (Fsp3) is 0.500. The maximum absolute atomic E-state index is 12.8. The van der Waals surface area contributed by atoms with Gasteiger partial charge in [-0.1, -0.05) is 26.7 Å². The fourth-order valence-corrected chi connectivity index (χ4v) is 3.34. The van der Waals surface area contributed by atoms with E-state index < -0.39 is 0 Å². The van der Waals surface area contributed by atoms with E-state index in [-0.39, 0.29) is 5.91 Å². The van der Waals surface area contributed by atoms with Crippen molar-refractivity contribution in [1.82, 2.24) is 9.88 Å². The van der Waals surface area contributed by atoms with Crippen molar-refractivity contribution in [2.45, 2.75) is 39.5 Å². The number of unbranched alkanes of at least 4 members (excludes halogenated alkanes) is 2. The molecule has 0 atom stereocenters. The zero-order chi connectivity index (χ0) is 15.2. The van der Waals surface area contributed by atoms with E-state index in [9.17, 15) is 4.79 Å². The monoisotopic (exact) mass is 305 g/mol. The molecule has 2 rings (SSSR count). The maximum atomic E-state index is 12.8. The van der Waals surface area contributed by atoms with Gasteiger partial charge in [0.25, 0.3) is 5.91 Å². The molecule has 2 aromatic heterocycles. The largest absolute Gasteiger partial charge is 0.397 e. The first-order valence-corrected chi connectivity index (χ1v) is 8.41. The number of carbonyl (C=O) groups is 1. The lowest BCUT2D eigenvalue weighted by molar-refractivity contribution is 0.0757. The van der Waals surface area contributed by atoms with Crippen molar-refractivity contribution >= 4 is 33.0 Å². The Morgan fingerprint density at radius 3 is 2.52 bits per heavy atom. The molecule has 0 saturated heterocycles. The van der Waals surface area contributed by atoms with Gasteiger partial charge in [-0.05, 0) is 18.9 Å². The van der Waals surface area contributed by atoms with Crippen LogP contribution >= 0.6 is 11.3 Å². The Morgan fingerprint density at radius 1 is 1.29 bits per heavy atom. The van der Waals surface area contributed by atoms with Crippen molar-refractivity contribution in [2.24, 2.45) is 0 Å². The highest BCUT2D eigenvalue weighted by atomic mass is 32.1. The first-order valence-electron chi connectivity index (χ1n) is 7.60. The number of nitrogen functional groups attached to an aromatic ring is 1. The van der Waals surface area contributed by atoms with E-state index in [2.05, 4.69) is 18.8 Å². The number of rotatable bonds is 7. The van der Waals surface area contributed by atoms with Crippen LogP contribution in [-0.2, 0) is 0 Å². The van der Waals surface area contributed by atoms with Crippen molar-refractivity contribution in [3.8, 4) is 0 Å². The summed E-state index contributed by atoms with van der Waals surface area (Å²) in [5.41, 5.74) is 6.77. The van der Waals surface area contributed by atoms with Gasteiger partial charge in [-0.2, -0.15) is 0 Å². The zero-order valence-corrected chi connectivity index (χ0v) is 13.6. The predicted octanol–water partition coefficient (Wildman–Crippen LogP) is 3.92. The molecular formula is C16H23N3OS. The van der Waals surface area contributed by atoms with E-state index in [1.807, 2.05) is 11.0 Å². The minimum Gasteiger partial charge on any atom is -0.397 e. The van der Waals surface area contributed by atoms with Gasteiger partial charge in [-0.3, -0.25) is 9.78 Å². The molecule has 2 N–H and O–H groups in total. The van der Waals surface area contributed by atoms with E-state index in [0.29, 0.717) is 10.6 Å². The molecule has 0 fully saturated rings. The Hall–Kier alpha value is -1.62. The van der Waals surface area contributed by atoms with Gasteiger partial charge < -0.3 is 10.6 Å². The smallest absolute Gasteiger partial charge is 0.266 e. The first-order chi connectivity index (χ1) is 10.2. The van der Waals surface area contributed by atoms with Crippen LogP contribution in [-0.4, -0.2) is 28.9 Å². The fourth-order valence-electron chi connectivity index (χ4n) is 2.29. The van der Waals surface area contributed by atoms with Gasteiger partial charge in [-0.15, -0.1) is 11.3 Å². The first kappa shape index (κ1) is 15.8. The normalized spacial score (nSPS) is 11.0. The number of nitrogens with zero attached hydrogens (tertiary/aromatic N) is 2. The Balaban J connectivity index is 2.26. The van der Waals surface area contributed by atoms with E-state index in [4.69, 9.17) is 5.73 Å². The third-order valence-electron chi connectivity index (χ3n) is 3.58. The highest BCUT2D eigenvalue weighted by Gasteiger charge is 2.21. The minimum atomic E-state index is 0.0654. The lowest BCUT2D eigenvalue weighted by Crippen LogP contribution is -2.32. The van der Waals surface area contributed by atoms with Crippen LogP contribution in [0.1, 0.15) is 49.2 Å². The van der Waals surface area contributed by atoms with Crippen molar-refractivity contribution in [3.05, 3.63) is 23.3 Å². The second-order valence-corrected chi connectivity index (χ2v) is 6.27. The van der Waals surface area contributed by atoms with Gasteiger partial charge in [0.15, 0.2) is 0 Å². The molecular weight excluding hydrogens is 282 g/mol. The number of nitrogens with two attached hydrogens (primary N) is 1. The van der Waals surface area contributed by atoms with Crippen LogP contribution in [0, 0.1) is 0 Å². The van der Waals surface area contributed by atoms with E-state index in [1.54, 1.807) is 12.4 Å². The van der Waals surface area contributed by atoms with Gasteiger partial charge in [0.2, 0.25) is 0 Å². The minimum absolute atomic E-state index is 0.0654. The van der Waals surface area contributed by atoms with Crippen molar-refractivity contribution < 1.29 is 4.79 Å². The second kappa shape index (κ2) is 7.41. The summed E-state index contributed by atoms with van der Waals surface area (Å²) in [5.74, 6) is 0.0654. The van der Waals surface area contributed by atoms with Crippen LogP contribution in [0.15, 0.2) is 18.5 Å². The lowest BCUT2D eigenvalue weighted by atomic mass is 10.2. The molecule has 21 heavy (non-hydrogen) atoms. The predicted molar refractivity (Wildman–Crippen MR) is 89.8 cm³/mol. The summed E-state index contributed by atoms with van der Waals surface area (Å²) in [4.78, 5) is 19.5. The van der Waals surface area contributed by atoms with Gasteiger partial charge >= 0.3 is 0 Å². The third kappa shape index (κ3) is 3.53. The number of anilines is 1. The van der Waals surface area contributed by atoms with Gasteiger partial charge in [-0.25, -0.2) is 0 Å². The molecule has 114 valence electrons. The Kier molecular flexibility index (Phi) is 5.56. The molecule has 5 heteroatoms. The average molecular weight is 305 g/mol. The third-order valence-corrected chi connectivity index (χ3v) is 4.72. The zero-order valence-electron chi connectivity index (χ0n) is 12.8. The van der Waals surface area contributed by atoms with Crippen molar-refractivity contribution in [3.63, 3.8) is 0 Å². The number of aromatic nitrogens is 1. The number of pyridine rings is 1. The number of amides is 1. The van der Waals surface area contributed by atoms with E-state index >= 15 is 0 Å². The summed E-state index contributed by atoms with van der Waals surface area (Å²) in [6, 6.07) is 1.88. The van der Waals surface area contributed by atoms with Crippen LogP contribution in [0.25, 0.3) is 10.1 Å². The summed E-state index contributed by atoms with van der Waals surface area (Å²) >= 11 is 1.45. The maximum Gasteiger partial charge on any atom is 0.266 e. The Bertz CT molecular complexity index is 601. The number of hydrogen-bond donors (Lipinski definition) is 1. The van der Waals surface area contributed by atoms with Gasteiger partial charge in [0.05, 0.1) is 10.4 Å².